The van der Waals surface area contributed by atoms with Gasteiger partial charge in [0.25, 0.3) is 0 Å². The van der Waals surface area contributed by atoms with Crippen LogP contribution in [-0.4, -0.2) is 4.57 Å². The molecule has 0 radical (unpaired) electrons. The van der Waals surface area contributed by atoms with Crippen molar-refractivity contribution in [3.8, 4) is 50.2 Å². The molecule has 12 rings (SSSR count). The van der Waals surface area contributed by atoms with Crippen LogP contribution >= 0.6 is 11.3 Å². The third kappa shape index (κ3) is 6.58. The number of para-hydroxylation sites is 2. The Morgan fingerprint density at radius 1 is 0.286 bits per heavy atom. The Balaban J connectivity index is 0.864. The summed E-state index contributed by atoms with van der Waals surface area (Å²) in [5, 5.41) is 5.14. The van der Waals surface area contributed by atoms with E-state index in [0.29, 0.717) is 0 Å². The van der Waals surface area contributed by atoms with Crippen molar-refractivity contribution in [2.24, 2.45) is 0 Å². The first kappa shape index (κ1) is 36.8. The number of nitrogens with zero attached hydrogens (tertiary/aromatic N) is 2. The van der Waals surface area contributed by atoms with Gasteiger partial charge in [-0.25, -0.2) is 0 Å². The first-order chi connectivity index (χ1) is 31.2. The molecule has 0 N–H and O–H groups in total. The second-order valence-electron chi connectivity index (χ2n) is 16.1. The van der Waals surface area contributed by atoms with Crippen LogP contribution in [0.2, 0.25) is 0 Å². The van der Waals surface area contributed by atoms with Gasteiger partial charge in [0.1, 0.15) is 0 Å². The van der Waals surface area contributed by atoms with Gasteiger partial charge >= 0.3 is 0 Å². The van der Waals surface area contributed by atoms with E-state index < -0.39 is 0 Å². The molecule has 0 saturated carbocycles. The van der Waals surface area contributed by atoms with Crippen LogP contribution in [-0.2, 0) is 0 Å². The van der Waals surface area contributed by atoms with Crippen molar-refractivity contribution in [1.82, 2.24) is 4.57 Å². The number of benzene rings is 10. The molecule has 2 aromatic heterocycles. The summed E-state index contributed by atoms with van der Waals surface area (Å²) < 4.78 is 5.09. The average molecular weight is 821 g/mol. The molecule has 296 valence electrons. The molecule has 10 aromatic carbocycles. The molecule has 2 heterocycles. The van der Waals surface area contributed by atoms with Crippen molar-refractivity contribution in [2.75, 3.05) is 4.90 Å². The Morgan fingerprint density at radius 3 is 1.46 bits per heavy atom. The van der Waals surface area contributed by atoms with Gasteiger partial charge in [0.15, 0.2) is 0 Å². The summed E-state index contributed by atoms with van der Waals surface area (Å²) in [6.07, 6.45) is 0. The summed E-state index contributed by atoms with van der Waals surface area (Å²) in [6, 6.07) is 88.2. The van der Waals surface area contributed by atoms with Crippen molar-refractivity contribution >= 4 is 70.4 Å². The molecule has 2 nitrogen and oxygen atoms in total. The number of hydrogen-bond donors (Lipinski definition) is 0. The molecule has 0 amide bonds. The maximum Gasteiger partial charge on any atom is 0.0555 e. The van der Waals surface area contributed by atoms with Gasteiger partial charge in [0.2, 0.25) is 0 Å². The topological polar surface area (TPSA) is 8.17 Å². The third-order valence-corrected chi connectivity index (χ3v) is 13.6. The van der Waals surface area contributed by atoms with E-state index in [0.717, 1.165) is 17.1 Å². The predicted octanol–water partition coefficient (Wildman–Crippen LogP) is 17.3. The van der Waals surface area contributed by atoms with E-state index in [1.165, 1.54) is 92.2 Å². The highest BCUT2D eigenvalue weighted by atomic mass is 32.1. The summed E-state index contributed by atoms with van der Waals surface area (Å²) in [5.74, 6) is 0. The largest absolute Gasteiger partial charge is 0.310 e. The zero-order valence-electron chi connectivity index (χ0n) is 34.4. The van der Waals surface area contributed by atoms with Crippen molar-refractivity contribution in [1.29, 1.82) is 0 Å². The maximum atomic E-state index is 2.46. The highest BCUT2D eigenvalue weighted by Gasteiger charge is 2.18. The van der Waals surface area contributed by atoms with Gasteiger partial charge in [0, 0.05) is 48.0 Å². The fraction of sp³-hybridized carbons (Fsp3) is 0. The first-order valence-corrected chi connectivity index (χ1v) is 22.3. The summed E-state index contributed by atoms with van der Waals surface area (Å²) in [4.78, 5) is 2.34. The molecule has 0 aliphatic rings. The molecule has 0 bridgehead atoms. The lowest BCUT2D eigenvalue weighted by Gasteiger charge is -2.26. The van der Waals surface area contributed by atoms with Gasteiger partial charge in [-0.1, -0.05) is 170 Å². The molecule has 0 aliphatic carbocycles. The van der Waals surface area contributed by atoms with Crippen molar-refractivity contribution in [2.45, 2.75) is 0 Å². The van der Waals surface area contributed by atoms with Gasteiger partial charge in [-0.05, 0) is 117 Å². The second kappa shape index (κ2) is 15.5. The molecule has 0 unspecified atom stereocenters. The molecule has 0 atom stereocenters. The number of hydrogen-bond acceptors (Lipinski definition) is 2. The zero-order chi connectivity index (χ0) is 41.7. The van der Waals surface area contributed by atoms with E-state index >= 15 is 0 Å². The quantitative estimate of drug-likeness (QED) is 0.148. The minimum absolute atomic E-state index is 1.11. The molecule has 63 heavy (non-hydrogen) atoms. The number of fused-ring (bicyclic) bond motifs is 6. The summed E-state index contributed by atoms with van der Waals surface area (Å²) in [6.45, 7) is 0. The smallest absolute Gasteiger partial charge is 0.0555 e. The second-order valence-corrected chi connectivity index (χ2v) is 17.2. The molecule has 0 aliphatic heterocycles. The fourth-order valence-corrected chi connectivity index (χ4v) is 10.5. The number of thiophene rings is 1. The lowest BCUT2D eigenvalue weighted by Crippen LogP contribution is -2.09. The summed E-state index contributed by atoms with van der Waals surface area (Å²) in [7, 11) is 0. The third-order valence-electron chi connectivity index (χ3n) is 12.4. The van der Waals surface area contributed by atoms with E-state index in [-0.39, 0.29) is 0 Å². The van der Waals surface area contributed by atoms with Crippen LogP contribution in [0.15, 0.2) is 243 Å². The molecule has 0 spiro atoms. The van der Waals surface area contributed by atoms with Crippen LogP contribution in [0.25, 0.3) is 92.2 Å². The maximum absolute atomic E-state index is 2.46. The molecule has 0 fully saturated rings. The van der Waals surface area contributed by atoms with E-state index in [2.05, 4.69) is 252 Å². The van der Waals surface area contributed by atoms with E-state index in [9.17, 15) is 0 Å². The Kier molecular flexibility index (Phi) is 9.06. The van der Waals surface area contributed by atoms with Crippen LogP contribution < -0.4 is 4.90 Å². The highest BCUT2D eigenvalue weighted by Crippen LogP contribution is 2.42. The monoisotopic (exact) mass is 820 g/mol. The zero-order valence-corrected chi connectivity index (χ0v) is 35.2. The number of aromatic nitrogens is 1. The average Bonchev–Trinajstić information content (AvgIpc) is 3.91. The predicted molar refractivity (Wildman–Crippen MR) is 270 cm³/mol. The molecule has 0 saturated heterocycles. The first-order valence-electron chi connectivity index (χ1n) is 21.5. The Morgan fingerprint density at radius 2 is 0.746 bits per heavy atom. The van der Waals surface area contributed by atoms with Crippen LogP contribution in [0.4, 0.5) is 17.1 Å². The molecule has 12 aromatic rings. The minimum Gasteiger partial charge on any atom is -0.310 e. The summed E-state index contributed by atoms with van der Waals surface area (Å²) >= 11 is 1.87. The lowest BCUT2D eigenvalue weighted by atomic mass is 9.98. The standard InChI is InChI=1S/C60H40N2S/c1-3-13-41(14-4-1)42-25-27-43(28-26-42)44-33-36-50(37-34-44)61(49-16-5-2-6-17-49)51-18-11-15-47(39-51)45-29-31-46(32-30-45)48-35-38-56-54(40-48)52-19-7-9-21-55(52)62(56)57-22-12-24-59-60(57)53-20-8-10-23-58(53)63-59/h1-40H. The Labute approximate surface area is 370 Å². The van der Waals surface area contributed by atoms with Crippen molar-refractivity contribution in [3.63, 3.8) is 0 Å². The highest BCUT2D eigenvalue weighted by molar-refractivity contribution is 7.25. The molecular weight excluding hydrogens is 781 g/mol. The SMILES string of the molecule is c1ccc(-c2ccc(-c3ccc(N(c4ccccc4)c4cccc(-c5ccc(-c6ccc7c(c6)c6ccccc6n7-c6cccc7sc8ccccc8c67)cc5)c4)cc3)cc2)cc1. The number of anilines is 3. The van der Waals surface area contributed by atoms with Crippen molar-refractivity contribution in [3.05, 3.63) is 243 Å². The van der Waals surface area contributed by atoms with Crippen LogP contribution in [0.1, 0.15) is 0 Å². The van der Waals surface area contributed by atoms with Crippen LogP contribution in [0.3, 0.4) is 0 Å². The Bertz CT molecular complexity index is 3580. The van der Waals surface area contributed by atoms with Gasteiger partial charge < -0.3 is 9.47 Å². The molecular formula is C60H40N2S. The summed E-state index contributed by atoms with van der Waals surface area (Å²) in [5.41, 5.74) is 16.6. The minimum atomic E-state index is 1.11. The van der Waals surface area contributed by atoms with E-state index in [4.69, 9.17) is 0 Å². The van der Waals surface area contributed by atoms with Crippen LogP contribution in [0.5, 0.6) is 0 Å². The number of rotatable bonds is 8. The van der Waals surface area contributed by atoms with Gasteiger partial charge in [-0.15, -0.1) is 11.3 Å². The lowest BCUT2D eigenvalue weighted by molar-refractivity contribution is 1.20. The van der Waals surface area contributed by atoms with E-state index in [1.807, 2.05) is 11.3 Å². The van der Waals surface area contributed by atoms with E-state index in [1.54, 1.807) is 0 Å². The normalized spacial score (nSPS) is 11.5. The molecule has 3 heteroatoms. The van der Waals surface area contributed by atoms with Gasteiger partial charge in [-0.3, -0.25) is 0 Å². The van der Waals surface area contributed by atoms with Gasteiger partial charge in [-0.2, -0.15) is 0 Å². The Hall–Kier alpha value is -7.98. The fourth-order valence-electron chi connectivity index (χ4n) is 9.35. The van der Waals surface area contributed by atoms with Crippen LogP contribution in [0, 0.1) is 0 Å². The van der Waals surface area contributed by atoms with Gasteiger partial charge in [0.05, 0.1) is 16.7 Å². The van der Waals surface area contributed by atoms with Crippen molar-refractivity contribution < 1.29 is 0 Å².